The van der Waals surface area contributed by atoms with Crippen molar-refractivity contribution >= 4 is 0 Å². The van der Waals surface area contributed by atoms with Crippen LogP contribution in [0.15, 0.2) is 24.4 Å². The van der Waals surface area contributed by atoms with Crippen LogP contribution in [0.3, 0.4) is 0 Å². The van der Waals surface area contributed by atoms with Gasteiger partial charge in [-0.05, 0) is 12.1 Å². The lowest BCUT2D eigenvalue weighted by Gasteiger charge is -2.14. The van der Waals surface area contributed by atoms with Gasteiger partial charge in [0.25, 0.3) is 0 Å². The van der Waals surface area contributed by atoms with E-state index >= 15 is 0 Å². The van der Waals surface area contributed by atoms with Crippen LogP contribution in [0.2, 0.25) is 0 Å². The SMILES string of the molecule is COCC(CN)OCCc1ccccn1. The number of aromatic nitrogens is 1. The molecule has 0 aliphatic heterocycles. The molecule has 84 valence electrons. The second-order valence-corrected chi connectivity index (χ2v) is 3.25. The Labute approximate surface area is 90.4 Å². The van der Waals surface area contributed by atoms with Gasteiger partial charge in [0.2, 0.25) is 0 Å². The van der Waals surface area contributed by atoms with Gasteiger partial charge in [-0.15, -0.1) is 0 Å². The predicted octanol–water partition coefficient (Wildman–Crippen LogP) is 0.614. The summed E-state index contributed by atoms with van der Waals surface area (Å²) in [6, 6.07) is 5.85. The fourth-order valence-electron chi connectivity index (χ4n) is 1.25. The van der Waals surface area contributed by atoms with E-state index in [1.165, 1.54) is 0 Å². The average Bonchev–Trinajstić information content (AvgIpc) is 2.29. The Morgan fingerprint density at radius 2 is 2.33 bits per heavy atom. The maximum Gasteiger partial charge on any atom is 0.0930 e. The van der Waals surface area contributed by atoms with Crippen LogP contribution in [-0.4, -0.2) is 38.0 Å². The number of nitrogens with zero attached hydrogens (tertiary/aromatic N) is 1. The molecule has 1 rings (SSSR count). The smallest absolute Gasteiger partial charge is 0.0930 e. The third kappa shape index (κ3) is 4.88. The quantitative estimate of drug-likeness (QED) is 0.716. The molecule has 2 N–H and O–H groups in total. The summed E-state index contributed by atoms with van der Waals surface area (Å²) in [6.07, 6.45) is 2.57. The third-order valence-corrected chi connectivity index (χ3v) is 2.05. The van der Waals surface area contributed by atoms with E-state index in [1.54, 1.807) is 13.3 Å². The molecule has 1 aromatic heterocycles. The first-order valence-electron chi connectivity index (χ1n) is 5.07. The van der Waals surface area contributed by atoms with Crippen LogP contribution in [0, 0.1) is 0 Å². The molecule has 1 unspecified atom stereocenters. The minimum Gasteiger partial charge on any atom is -0.382 e. The van der Waals surface area contributed by atoms with E-state index < -0.39 is 0 Å². The molecule has 0 saturated heterocycles. The summed E-state index contributed by atoms with van der Waals surface area (Å²) in [7, 11) is 1.64. The Bertz CT molecular complexity index is 254. The van der Waals surface area contributed by atoms with Gasteiger partial charge in [0.1, 0.15) is 0 Å². The zero-order valence-corrected chi connectivity index (χ0v) is 9.06. The third-order valence-electron chi connectivity index (χ3n) is 2.05. The predicted molar refractivity (Wildman–Crippen MR) is 58.6 cm³/mol. The minimum atomic E-state index is -0.0151. The van der Waals surface area contributed by atoms with E-state index in [0.717, 1.165) is 12.1 Å². The molecular weight excluding hydrogens is 192 g/mol. The summed E-state index contributed by atoms with van der Waals surface area (Å²) in [5.74, 6) is 0. The lowest BCUT2D eigenvalue weighted by molar-refractivity contribution is 0.00479. The summed E-state index contributed by atoms with van der Waals surface area (Å²) in [6.45, 7) is 1.65. The Kier molecular flexibility index (Phi) is 5.92. The fourth-order valence-corrected chi connectivity index (χ4v) is 1.25. The number of nitrogens with two attached hydrogens (primary N) is 1. The van der Waals surface area contributed by atoms with Crippen LogP contribution in [-0.2, 0) is 15.9 Å². The Morgan fingerprint density at radius 3 is 2.93 bits per heavy atom. The molecule has 0 aliphatic rings. The highest BCUT2D eigenvalue weighted by molar-refractivity contribution is 5.03. The van der Waals surface area contributed by atoms with Crippen molar-refractivity contribution in [2.75, 3.05) is 26.9 Å². The van der Waals surface area contributed by atoms with Crippen molar-refractivity contribution in [2.24, 2.45) is 5.73 Å². The molecule has 1 aromatic rings. The van der Waals surface area contributed by atoms with E-state index in [2.05, 4.69) is 4.98 Å². The van der Waals surface area contributed by atoms with Crippen molar-refractivity contribution in [3.63, 3.8) is 0 Å². The molecule has 0 radical (unpaired) electrons. The first-order valence-corrected chi connectivity index (χ1v) is 5.07. The number of hydrogen-bond acceptors (Lipinski definition) is 4. The first-order chi connectivity index (χ1) is 7.36. The van der Waals surface area contributed by atoms with Crippen LogP contribution in [0.25, 0.3) is 0 Å². The largest absolute Gasteiger partial charge is 0.382 e. The van der Waals surface area contributed by atoms with Crippen molar-refractivity contribution in [3.8, 4) is 0 Å². The molecule has 4 nitrogen and oxygen atoms in total. The van der Waals surface area contributed by atoms with E-state index in [4.69, 9.17) is 15.2 Å². The maximum absolute atomic E-state index is 5.55. The maximum atomic E-state index is 5.55. The summed E-state index contributed by atoms with van der Waals surface area (Å²) in [5, 5.41) is 0. The summed E-state index contributed by atoms with van der Waals surface area (Å²) in [5.41, 5.74) is 6.55. The van der Waals surface area contributed by atoms with E-state index in [9.17, 15) is 0 Å². The van der Waals surface area contributed by atoms with Crippen molar-refractivity contribution in [2.45, 2.75) is 12.5 Å². The Morgan fingerprint density at radius 1 is 1.47 bits per heavy atom. The van der Waals surface area contributed by atoms with Crippen LogP contribution >= 0.6 is 0 Å². The van der Waals surface area contributed by atoms with Crippen LogP contribution in [0.4, 0.5) is 0 Å². The molecule has 0 aliphatic carbocycles. The molecule has 0 aromatic carbocycles. The van der Waals surface area contributed by atoms with E-state index in [-0.39, 0.29) is 6.10 Å². The van der Waals surface area contributed by atoms with Crippen molar-refractivity contribution < 1.29 is 9.47 Å². The molecule has 1 heterocycles. The molecule has 0 amide bonds. The van der Waals surface area contributed by atoms with Gasteiger partial charge in [0, 0.05) is 32.0 Å². The average molecular weight is 210 g/mol. The lowest BCUT2D eigenvalue weighted by atomic mass is 10.3. The van der Waals surface area contributed by atoms with Crippen LogP contribution in [0.1, 0.15) is 5.69 Å². The van der Waals surface area contributed by atoms with Gasteiger partial charge in [0.15, 0.2) is 0 Å². The van der Waals surface area contributed by atoms with E-state index in [1.807, 2.05) is 18.2 Å². The van der Waals surface area contributed by atoms with Gasteiger partial charge in [-0.25, -0.2) is 0 Å². The highest BCUT2D eigenvalue weighted by atomic mass is 16.5. The number of methoxy groups -OCH3 is 1. The Hall–Kier alpha value is -0.970. The molecule has 4 heteroatoms. The van der Waals surface area contributed by atoms with Gasteiger partial charge in [-0.2, -0.15) is 0 Å². The number of ether oxygens (including phenoxy) is 2. The zero-order chi connectivity index (χ0) is 10.9. The molecular formula is C11H18N2O2. The monoisotopic (exact) mass is 210 g/mol. The van der Waals surface area contributed by atoms with Gasteiger partial charge in [-0.3, -0.25) is 4.98 Å². The van der Waals surface area contributed by atoms with Gasteiger partial charge in [-0.1, -0.05) is 6.07 Å². The molecule has 0 spiro atoms. The normalized spacial score (nSPS) is 12.7. The highest BCUT2D eigenvalue weighted by Crippen LogP contribution is 1.97. The second-order valence-electron chi connectivity index (χ2n) is 3.25. The van der Waals surface area contributed by atoms with Gasteiger partial charge < -0.3 is 15.2 Å². The standard InChI is InChI=1S/C11H18N2O2/c1-14-9-11(8-12)15-7-5-10-4-2-3-6-13-10/h2-4,6,11H,5,7-9,12H2,1H3. The highest BCUT2D eigenvalue weighted by Gasteiger charge is 2.05. The molecule has 0 fully saturated rings. The van der Waals surface area contributed by atoms with Crippen molar-refractivity contribution in [1.82, 2.24) is 4.98 Å². The molecule has 15 heavy (non-hydrogen) atoms. The molecule has 1 atom stereocenters. The van der Waals surface area contributed by atoms with Crippen molar-refractivity contribution in [3.05, 3.63) is 30.1 Å². The summed E-state index contributed by atoms with van der Waals surface area (Å²) < 4.78 is 10.5. The van der Waals surface area contributed by atoms with Gasteiger partial charge >= 0.3 is 0 Å². The van der Waals surface area contributed by atoms with Gasteiger partial charge in [0.05, 0.1) is 19.3 Å². The molecule has 0 saturated carbocycles. The minimum absolute atomic E-state index is 0.0151. The van der Waals surface area contributed by atoms with Crippen LogP contribution in [0.5, 0.6) is 0 Å². The summed E-state index contributed by atoms with van der Waals surface area (Å²) >= 11 is 0. The summed E-state index contributed by atoms with van der Waals surface area (Å²) in [4.78, 5) is 4.20. The number of hydrogen-bond donors (Lipinski definition) is 1. The Balaban J connectivity index is 2.20. The first kappa shape index (κ1) is 12.1. The molecule has 0 bridgehead atoms. The second kappa shape index (κ2) is 7.34. The van der Waals surface area contributed by atoms with E-state index in [0.29, 0.717) is 19.8 Å². The van der Waals surface area contributed by atoms with Crippen molar-refractivity contribution in [1.29, 1.82) is 0 Å². The zero-order valence-electron chi connectivity index (χ0n) is 9.06. The topological polar surface area (TPSA) is 57.4 Å². The fraction of sp³-hybridized carbons (Fsp3) is 0.545. The lowest BCUT2D eigenvalue weighted by Crippen LogP contribution is -2.29. The van der Waals surface area contributed by atoms with Crippen LogP contribution < -0.4 is 5.73 Å². The number of pyridine rings is 1. The number of rotatable bonds is 7.